The van der Waals surface area contributed by atoms with Crippen LogP contribution in [-0.4, -0.2) is 32.5 Å². The van der Waals surface area contributed by atoms with Gasteiger partial charge in [-0.05, 0) is 42.5 Å². The van der Waals surface area contributed by atoms with Gasteiger partial charge in [-0.3, -0.25) is 9.89 Å². The molecule has 3 aromatic rings. The van der Waals surface area contributed by atoms with Crippen molar-refractivity contribution >= 4 is 11.7 Å². The first-order valence-corrected chi connectivity index (χ1v) is 9.31. The van der Waals surface area contributed by atoms with E-state index in [9.17, 15) is 4.79 Å². The zero-order chi connectivity index (χ0) is 18.6. The Morgan fingerprint density at radius 1 is 1.26 bits per heavy atom. The van der Waals surface area contributed by atoms with E-state index in [0.717, 1.165) is 42.6 Å². The number of aromatic amines is 1. The number of nitrogens with zero attached hydrogens (tertiary/aromatic N) is 3. The SMILES string of the molecule is Nc1cc(-c2cn[nH]c2[C@H]2CCCN2C(=O)CCc2ccccc2)ccn1. The summed E-state index contributed by atoms with van der Waals surface area (Å²) in [5, 5.41) is 7.36. The van der Waals surface area contributed by atoms with Crippen molar-refractivity contribution in [3.63, 3.8) is 0 Å². The van der Waals surface area contributed by atoms with Gasteiger partial charge in [-0.2, -0.15) is 5.10 Å². The second kappa shape index (κ2) is 7.61. The number of rotatable bonds is 5. The Morgan fingerprint density at radius 3 is 2.93 bits per heavy atom. The summed E-state index contributed by atoms with van der Waals surface area (Å²) in [6, 6.07) is 13.9. The van der Waals surface area contributed by atoms with E-state index in [1.54, 1.807) is 12.4 Å². The molecule has 3 N–H and O–H groups in total. The number of pyridine rings is 1. The standard InChI is InChI=1S/C21H23N5O/c22-19-13-16(10-11-23-19)17-14-24-25-21(17)18-7-4-12-26(18)20(27)9-8-15-5-2-1-3-6-15/h1-3,5-6,10-11,13-14,18H,4,7-9,12H2,(H2,22,23)(H,24,25)/t18-/m1/s1. The van der Waals surface area contributed by atoms with Gasteiger partial charge >= 0.3 is 0 Å². The molecule has 0 saturated carbocycles. The van der Waals surface area contributed by atoms with E-state index in [1.807, 2.05) is 35.2 Å². The van der Waals surface area contributed by atoms with Crippen LogP contribution in [0.3, 0.4) is 0 Å². The molecule has 0 spiro atoms. The monoisotopic (exact) mass is 361 g/mol. The van der Waals surface area contributed by atoms with Gasteiger partial charge < -0.3 is 10.6 Å². The predicted octanol–water partition coefficient (Wildman–Crippen LogP) is 3.35. The summed E-state index contributed by atoms with van der Waals surface area (Å²) >= 11 is 0. The van der Waals surface area contributed by atoms with Crippen LogP contribution in [0.2, 0.25) is 0 Å². The minimum Gasteiger partial charge on any atom is -0.384 e. The molecule has 1 atom stereocenters. The smallest absolute Gasteiger partial charge is 0.223 e. The molecular weight excluding hydrogens is 338 g/mol. The third kappa shape index (κ3) is 3.69. The zero-order valence-electron chi connectivity index (χ0n) is 15.1. The predicted molar refractivity (Wildman–Crippen MR) is 105 cm³/mol. The van der Waals surface area contributed by atoms with Crippen LogP contribution in [0.25, 0.3) is 11.1 Å². The fraction of sp³-hybridized carbons (Fsp3) is 0.286. The van der Waals surface area contributed by atoms with Crippen LogP contribution in [0.15, 0.2) is 54.9 Å². The molecule has 2 aromatic heterocycles. The zero-order valence-corrected chi connectivity index (χ0v) is 15.1. The second-order valence-electron chi connectivity index (χ2n) is 6.90. The van der Waals surface area contributed by atoms with Gasteiger partial charge in [-0.1, -0.05) is 30.3 Å². The second-order valence-corrected chi connectivity index (χ2v) is 6.90. The molecule has 0 unspecified atom stereocenters. The normalized spacial score (nSPS) is 16.6. The molecule has 3 heterocycles. The molecule has 4 rings (SSSR count). The first kappa shape index (κ1) is 17.3. The number of aromatic nitrogens is 3. The number of nitrogens with one attached hydrogen (secondary N) is 1. The largest absolute Gasteiger partial charge is 0.384 e. The van der Waals surface area contributed by atoms with Gasteiger partial charge in [0.05, 0.1) is 17.9 Å². The van der Waals surface area contributed by atoms with E-state index < -0.39 is 0 Å². The maximum absolute atomic E-state index is 12.9. The van der Waals surface area contributed by atoms with E-state index in [-0.39, 0.29) is 11.9 Å². The maximum Gasteiger partial charge on any atom is 0.223 e. The fourth-order valence-electron chi connectivity index (χ4n) is 3.80. The van der Waals surface area contributed by atoms with Crippen LogP contribution in [0.4, 0.5) is 5.82 Å². The molecule has 1 saturated heterocycles. The average Bonchev–Trinajstić information content (AvgIpc) is 3.36. The van der Waals surface area contributed by atoms with Gasteiger partial charge in [0, 0.05) is 24.7 Å². The topological polar surface area (TPSA) is 87.9 Å². The number of carbonyl (C=O) groups is 1. The number of aryl methyl sites for hydroxylation is 1. The number of H-pyrrole nitrogens is 1. The Balaban J connectivity index is 1.52. The summed E-state index contributed by atoms with van der Waals surface area (Å²) in [5.74, 6) is 0.665. The molecule has 0 aliphatic carbocycles. The Hall–Kier alpha value is -3.15. The summed E-state index contributed by atoms with van der Waals surface area (Å²) in [5.41, 5.74) is 9.95. The summed E-state index contributed by atoms with van der Waals surface area (Å²) in [6.45, 7) is 0.787. The molecule has 138 valence electrons. The third-order valence-corrected chi connectivity index (χ3v) is 5.14. The molecule has 1 aromatic carbocycles. The Labute approximate surface area is 158 Å². The number of likely N-dealkylation sites (tertiary alicyclic amines) is 1. The Bertz CT molecular complexity index is 921. The van der Waals surface area contributed by atoms with Gasteiger partial charge in [0.1, 0.15) is 5.82 Å². The number of benzene rings is 1. The van der Waals surface area contributed by atoms with Crippen molar-refractivity contribution in [3.05, 3.63) is 66.1 Å². The van der Waals surface area contributed by atoms with Gasteiger partial charge in [-0.15, -0.1) is 0 Å². The average molecular weight is 361 g/mol. The van der Waals surface area contributed by atoms with Crippen molar-refractivity contribution in [2.45, 2.75) is 31.7 Å². The third-order valence-electron chi connectivity index (χ3n) is 5.14. The molecule has 6 heteroatoms. The van der Waals surface area contributed by atoms with Crippen LogP contribution >= 0.6 is 0 Å². The fourth-order valence-corrected chi connectivity index (χ4v) is 3.80. The number of amides is 1. The molecule has 0 bridgehead atoms. The summed E-state index contributed by atoms with van der Waals surface area (Å²) in [6.07, 6.45) is 6.71. The first-order valence-electron chi connectivity index (χ1n) is 9.31. The quantitative estimate of drug-likeness (QED) is 0.729. The molecule has 0 radical (unpaired) electrons. The Morgan fingerprint density at radius 2 is 2.11 bits per heavy atom. The lowest BCUT2D eigenvalue weighted by Crippen LogP contribution is -2.31. The number of nitrogen functional groups attached to an aromatic ring is 1. The summed E-state index contributed by atoms with van der Waals surface area (Å²) < 4.78 is 0. The van der Waals surface area contributed by atoms with Crippen LogP contribution in [0.1, 0.15) is 36.6 Å². The van der Waals surface area contributed by atoms with Crippen molar-refractivity contribution in [1.82, 2.24) is 20.1 Å². The van der Waals surface area contributed by atoms with Crippen LogP contribution in [0.5, 0.6) is 0 Å². The van der Waals surface area contributed by atoms with Gasteiger partial charge in [-0.25, -0.2) is 4.98 Å². The highest BCUT2D eigenvalue weighted by Crippen LogP contribution is 2.37. The van der Waals surface area contributed by atoms with Crippen molar-refractivity contribution in [2.24, 2.45) is 0 Å². The number of nitrogens with two attached hydrogens (primary N) is 1. The highest BCUT2D eigenvalue weighted by atomic mass is 16.2. The van der Waals surface area contributed by atoms with E-state index in [0.29, 0.717) is 12.2 Å². The van der Waals surface area contributed by atoms with Crippen LogP contribution in [0, 0.1) is 0 Å². The lowest BCUT2D eigenvalue weighted by atomic mass is 10.0. The molecule has 1 aliphatic rings. The Kier molecular flexibility index (Phi) is 4.87. The lowest BCUT2D eigenvalue weighted by Gasteiger charge is -2.25. The summed E-state index contributed by atoms with van der Waals surface area (Å²) in [7, 11) is 0. The van der Waals surface area contributed by atoms with E-state index in [2.05, 4.69) is 27.3 Å². The molecule has 1 amide bonds. The first-order chi connectivity index (χ1) is 13.2. The maximum atomic E-state index is 12.9. The van der Waals surface area contributed by atoms with Gasteiger partial charge in [0.15, 0.2) is 0 Å². The van der Waals surface area contributed by atoms with Crippen molar-refractivity contribution < 1.29 is 4.79 Å². The van der Waals surface area contributed by atoms with Crippen molar-refractivity contribution in [1.29, 1.82) is 0 Å². The number of hydrogen-bond acceptors (Lipinski definition) is 4. The van der Waals surface area contributed by atoms with E-state index in [1.165, 1.54) is 5.56 Å². The molecule has 1 fully saturated rings. The van der Waals surface area contributed by atoms with Crippen molar-refractivity contribution in [2.75, 3.05) is 12.3 Å². The highest BCUT2D eigenvalue weighted by molar-refractivity contribution is 5.78. The number of hydrogen-bond donors (Lipinski definition) is 2. The number of carbonyl (C=O) groups excluding carboxylic acids is 1. The minimum absolute atomic E-state index is 0.0279. The van der Waals surface area contributed by atoms with Gasteiger partial charge in [0.25, 0.3) is 0 Å². The van der Waals surface area contributed by atoms with Crippen molar-refractivity contribution in [3.8, 4) is 11.1 Å². The summed E-state index contributed by atoms with van der Waals surface area (Å²) in [4.78, 5) is 18.9. The molecule has 6 nitrogen and oxygen atoms in total. The molecule has 1 aliphatic heterocycles. The van der Waals surface area contributed by atoms with Crippen LogP contribution < -0.4 is 5.73 Å². The number of anilines is 1. The lowest BCUT2D eigenvalue weighted by molar-refractivity contribution is -0.132. The highest BCUT2D eigenvalue weighted by Gasteiger charge is 2.32. The van der Waals surface area contributed by atoms with E-state index >= 15 is 0 Å². The van der Waals surface area contributed by atoms with Crippen LogP contribution in [-0.2, 0) is 11.2 Å². The molecule has 27 heavy (non-hydrogen) atoms. The van der Waals surface area contributed by atoms with Gasteiger partial charge in [0.2, 0.25) is 5.91 Å². The van der Waals surface area contributed by atoms with E-state index in [4.69, 9.17) is 5.73 Å². The molecular formula is C21H23N5O. The minimum atomic E-state index is 0.0279.